The maximum atomic E-state index is 12.8. The van der Waals surface area contributed by atoms with Crippen LogP contribution in [0.5, 0.6) is 0 Å². The van der Waals surface area contributed by atoms with Gasteiger partial charge in [-0.3, -0.25) is 4.57 Å². The quantitative estimate of drug-likeness (QED) is 0.517. The molecular formula is C15H18FN2O5PS. The number of pyridine rings is 1. The minimum Gasteiger partial charge on any atom is -0.323 e. The van der Waals surface area contributed by atoms with Gasteiger partial charge in [0.2, 0.25) is 16.0 Å². The molecule has 1 unspecified atom stereocenters. The van der Waals surface area contributed by atoms with Crippen molar-refractivity contribution in [3.8, 4) is 11.1 Å². The highest BCUT2D eigenvalue weighted by molar-refractivity contribution is 7.89. The average Bonchev–Trinajstić information content (AvgIpc) is 2.52. The normalized spacial score (nSPS) is 13.8. The summed E-state index contributed by atoms with van der Waals surface area (Å²) >= 11 is 0. The number of hydrogen-bond donors (Lipinski definition) is 3. The summed E-state index contributed by atoms with van der Waals surface area (Å²) in [6, 6.07) is 8.31. The molecule has 0 saturated carbocycles. The van der Waals surface area contributed by atoms with Gasteiger partial charge in [-0.15, -0.1) is 0 Å². The molecule has 1 aromatic carbocycles. The highest BCUT2D eigenvalue weighted by atomic mass is 32.2. The largest absolute Gasteiger partial charge is 0.343 e. The summed E-state index contributed by atoms with van der Waals surface area (Å²) in [5.41, 5.74) is 1.23. The van der Waals surface area contributed by atoms with Gasteiger partial charge >= 0.3 is 7.60 Å². The first kappa shape index (κ1) is 19.7. The van der Waals surface area contributed by atoms with Crippen molar-refractivity contribution >= 4 is 17.6 Å². The molecule has 0 saturated heterocycles. The summed E-state index contributed by atoms with van der Waals surface area (Å²) in [4.78, 5) is 22.0. The zero-order valence-corrected chi connectivity index (χ0v) is 15.2. The second kappa shape index (κ2) is 7.31. The molecule has 3 N–H and O–H groups in total. The van der Waals surface area contributed by atoms with E-state index in [2.05, 4.69) is 9.71 Å². The molecule has 0 spiro atoms. The Morgan fingerprint density at radius 1 is 1.08 bits per heavy atom. The zero-order chi connectivity index (χ0) is 18.8. The maximum absolute atomic E-state index is 12.8. The van der Waals surface area contributed by atoms with Crippen molar-refractivity contribution in [2.45, 2.75) is 24.5 Å². The number of nitrogens with zero attached hydrogens (tertiary/aromatic N) is 1. The first-order chi connectivity index (χ1) is 11.5. The van der Waals surface area contributed by atoms with Crippen molar-refractivity contribution in [2.75, 3.05) is 0 Å². The van der Waals surface area contributed by atoms with E-state index in [0.717, 1.165) is 0 Å². The molecule has 2 rings (SSSR count). The molecule has 0 radical (unpaired) electrons. The van der Waals surface area contributed by atoms with Crippen LogP contribution in [-0.2, 0) is 14.6 Å². The fourth-order valence-corrected chi connectivity index (χ4v) is 5.16. The molecule has 1 atom stereocenters. The highest BCUT2D eigenvalue weighted by Gasteiger charge is 2.35. The van der Waals surface area contributed by atoms with Crippen molar-refractivity contribution in [1.29, 1.82) is 0 Å². The Balaban J connectivity index is 2.28. The summed E-state index contributed by atoms with van der Waals surface area (Å²) in [6.45, 7) is 3.02. The second-order valence-corrected chi connectivity index (χ2v) is 9.24. The lowest BCUT2D eigenvalue weighted by Gasteiger charge is -2.23. The highest BCUT2D eigenvalue weighted by Crippen LogP contribution is 2.43. The molecule has 0 bridgehead atoms. The number of nitrogens with one attached hydrogen (secondary N) is 1. The fraction of sp³-hybridized carbons (Fsp3) is 0.267. The van der Waals surface area contributed by atoms with Crippen LogP contribution in [0.4, 0.5) is 4.39 Å². The Hall–Kier alpha value is -1.64. The Bertz CT molecular complexity index is 879. The summed E-state index contributed by atoms with van der Waals surface area (Å²) < 4.78 is 51.1. The van der Waals surface area contributed by atoms with Crippen LogP contribution in [0.3, 0.4) is 0 Å². The van der Waals surface area contributed by atoms with E-state index in [9.17, 15) is 27.2 Å². The van der Waals surface area contributed by atoms with Crippen molar-refractivity contribution < 1.29 is 27.2 Å². The van der Waals surface area contributed by atoms with Gasteiger partial charge in [0, 0.05) is 11.8 Å². The predicted octanol–water partition coefficient (Wildman–Crippen LogP) is 2.33. The van der Waals surface area contributed by atoms with Gasteiger partial charge in [0.1, 0.15) is 5.78 Å². The van der Waals surface area contributed by atoms with Crippen LogP contribution in [0.25, 0.3) is 11.1 Å². The fourth-order valence-electron chi connectivity index (χ4n) is 2.19. The van der Waals surface area contributed by atoms with Gasteiger partial charge in [-0.25, -0.2) is 13.4 Å². The van der Waals surface area contributed by atoms with E-state index < -0.39 is 35.3 Å². The standard InChI is InChI=1S/C15H18FN2O5PS/c1-10(2)15(24(19,20)21)18-25(22,23)13-6-3-11(4-7-13)12-5-8-14(16)17-9-12/h3-10,15,18H,1-2H3,(H2,19,20,21). The third-order valence-electron chi connectivity index (χ3n) is 3.50. The molecular weight excluding hydrogens is 370 g/mol. The smallest absolute Gasteiger partial charge is 0.323 e. The van der Waals surface area contributed by atoms with Crippen LogP contribution in [-0.4, -0.2) is 29.0 Å². The molecule has 2 aromatic rings. The Kier molecular flexibility index (Phi) is 5.75. The van der Waals surface area contributed by atoms with Crippen LogP contribution in [0, 0.1) is 11.9 Å². The van der Waals surface area contributed by atoms with Gasteiger partial charge in [-0.05, 0) is 35.7 Å². The van der Waals surface area contributed by atoms with Crippen LogP contribution >= 0.6 is 7.60 Å². The van der Waals surface area contributed by atoms with Crippen molar-refractivity contribution in [2.24, 2.45) is 5.92 Å². The molecule has 0 aliphatic rings. The summed E-state index contributed by atoms with van der Waals surface area (Å²) in [5, 5.41) is 0. The summed E-state index contributed by atoms with van der Waals surface area (Å²) in [5.74, 6) is -2.73. The van der Waals surface area contributed by atoms with Gasteiger partial charge in [-0.2, -0.15) is 9.11 Å². The first-order valence-electron chi connectivity index (χ1n) is 7.30. The average molecular weight is 388 g/mol. The van der Waals surface area contributed by atoms with Gasteiger partial charge < -0.3 is 9.79 Å². The van der Waals surface area contributed by atoms with Crippen molar-refractivity contribution in [1.82, 2.24) is 9.71 Å². The molecule has 0 fully saturated rings. The lowest BCUT2D eigenvalue weighted by atomic mass is 10.1. The van der Waals surface area contributed by atoms with Crippen LogP contribution in [0.1, 0.15) is 13.8 Å². The Morgan fingerprint density at radius 3 is 2.08 bits per heavy atom. The third-order valence-corrected chi connectivity index (χ3v) is 6.58. The van der Waals surface area contributed by atoms with Crippen molar-refractivity contribution in [3.05, 3.63) is 48.5 Å². The number of halogens is 1. The lowest BCUT2D eigenvalue weighted by molar-refractivity contribution is 0.336. The molecule has 7 nitrogen and oxygen atoms in total. The molecule has 1 heterocycles. The maximum Gasteiger partial charge on any atom is 0.343 e. The topological polar surface area (TPSA) is 117 Å². The second-order valence-electron chi connectivity index (χ2n) is 5.79. The minimum atomic E-state index is -4.65. The Morgan fingerprint density at radius 2 is 1.64 bits per heavy atom. The van der Waals surface area contributed by atoms with Crippen molar-refractivity contribution in [3.63, 3.8) is 0 Å². The van der Waals surface area contributed by atoms with E-state index in [-0.39, 0.29) is 4.90 Å². The molecule has 0 aliphatic heterocycles. The summed E-state index contributed by atoms with van der Waals surface area (Å²) in [7, 11) is -8.76. The van der Waals surface area contributed by atoms with Gasteiger partial charge in [0.15, 0.2) is 0 Å². The SMILES string of the molecule is CC(C)C(NS(=O)(=O)c1ccc(-c2ccc(F)nc2)cc1)P(=O)(O)O. The molecule has 10 heteroatoms. The van der Waals surface area contributed by atoms with Crippen LogP contribution in [0.2, 0.25) is 0 Å². The van der Waals surface area contributed by atoms with E-state index in [1.54, 1.807) is 0 Å². The number of benzene rings is 1. The number of sulfonamides is 1. The Labute approximate surface area is 145 Å². The lowest BCUT2D eigenvalue weighted by Crippen LogP contribution is -2.38. The van der Waals surface area contributed by atoms with Crippen LogP contribution < -0.4 is 4.72 Å². The third kappa shape index (κ3) is 4.93. The molecule has 0 aliphatic carbocycles. The molecule has 0 amide bonds. The number of aromatic nitrogens is 1. The van der Waals surface area contributed by atoms with E-state index in [4.69, 9.17) is 0 Å². The number of rotatable bonds is 6. The van der Waals surface area contributed by atoms with E-state index in [1.807, 2.05) is 0 Å². The molecule has 136 valence electrons. The van der Waals surface area contributed by atoms with Gasteiger partial charge in [-0.1, -0.05) is 26.0 Å². The van der Waals surface area contributed by atoms with E-state index >= 15 is 0 Å². The first-order valence-corrected chi connectivity index (χ1v) is 10.5. The summed E-state index contributed by atoms with van der Waals surface area (Å²) in [6.07, 6.45) is 1.32. The predicted molar refractivity (Wildman–Crippen MR) is 90.6 cm³/mol. The van der Waals surface area contributed by atoms with Gasteiger partial charge in [0.25, 0.3) is 0 Å². The number of hydrogen-bond acceptors (Lipinski definition) is 4. The molecule has 1 aromatic heterocycles. The van der Waals surface area contributed by atoms with Gasteiger partial charge in [0.05, 0.1) is 4.90 Å². The van der Waals surface area contributed by atoms with E-state index in [1.165, 1.54) is 56.4 Å². The minimum absolute atomic E-state index is 0.134. The molecule has 25 heavy (non-hydrogen) atoms. The monoisotopic (exact) mass is 388 g/mol. The van der Waals surface area contributed by atoms with E-state index in [0.29, 0.717) is 11.1 Å². The van der Waals surface area contributed by atoms with Crippen LogP contribution in [0.15, 0.2) is 47.5 Å². The zero-order valence-electron chi connectivity index (χ0n) is 13.5.